The molecule has 0 aliphatic heterocycles. The lowest BCUT2D eigenvalue weighted by atomic mass is 10.3. The molecule has 0 saturated carbocycles. The van der Waals surface area contributed by atoms with E-state index in [9.17, 15) is 8.42 Å². The fourth-order valence-corrected chi connectivity index (χ4v) is 1.57. The first-order chi connectivity index (χ1) is 7.81. The second kappa shape index (κ2) is 9.71. The highest BCUT2D eigenvalue weighted by atomic mass is 32.2. The molecule has 0 bridgehead atoms. The number of nitrogens with zero attached hydrogens (tertiary/aromatic N) is 1. The van der Waals surface area contributed by atoms with Gasteiger partial charge < -0.3 is 20.4 Å². The second-order valence-corrected chi connectivity index (χ2v) is 4.38. The predicted molar refractivity (Wildman–Crippen MR) is 60.7 cm³/mol. The maximum atomic E-state index is 10.7. The Hall–Kier alpha value is -0.290. The molecule has 0 saturated heterocycles. The van der Waals surface area contributed by atoms with Gasteiger partial charge in [0.1, 0.15) is 0 Å². The lowest BCUT2D eigenvalue weighted by Gasteiger charge is -2.22. The van der Waals surface area contributed by atoms with Crippen molar-refractivity contribution in [1.82, 2.24) is 4.31 Å². The van der Waals surface area contributed by atoms with Crippen LogP contribution in [0.1, 0.15) is 13.8 Å². The van der Waals surface area contributed by atoms with E-state index in [0.717, 1.165) is 0 Å². The van der Waals surface area contributed by atoms with E-state index in [1.165, 1.54) is 0 Å². The van der Waals surface area contributed by atoms with Crippen molar-refractivity contribution in [2.75, 3.05) is 26.3 Å². The smallest absolute Gasteiger partial charge is 0.336 e. The molecule has 0 amide bonds. The van der Waals surface area contributed by atoms with Crippen LogP contribution in [0.3, 0.4) is 0 Å². The molecule has 0 heterocycles. The van der Waals surface area contributed by atoms with Crippen LogP contribution in [0.25, 0.3) is 0 Å². The standard InChI is InChI=1S/C6H15NO7S.C2H6/c8-3-5(10)1-7(15(12,13)14)2-6(11)4-9;1-2/h5-6,8-11H,1-4H2,(H,12,13,14);1-2H3. The highest BCUT2D eigenvalue weighted by molar-refractivity contribution is 7.83. The van der Waals surface area contributed by atoms with E-state index in [-0.39, 0.29) is 0 Å². The van der Waals surface area contributed by atoms with Gasteiger partial charge in [-0.1, -0.05) is 13.8 Å². The van der Waals surface area contributed by atoms with Crippen molar-refractivity contribution in [3.8, 4) is 0 Å². The van der Waals surface area contributed by atoms with Crippen LogP contribution in [0.5, 0.6) is 0 Å². The van der Waals surface area contributed by atoms with Crippen LogP contribution < -0.4 is 0 Å². The summed E-state index contributed by atoms with van der Waals surface area (Å²) >= 11 is 0. The van der Waals surface area contributed by atoms with E-state index in [4.69, 9.17) is 25.0 Å². The van der Waals surface area contributed by atoms with Gasteiger partial charge in [0.25, 0.3) is 0 Å². The average Bonchev–Trinajstić information content (AvgIpc) is 2.29. The van der Waals surface area contributed by atoms with Crippen LogP contribution >= 0.6 is 0 Å². The quantitative estimate of drug-likeness (QED) is 0.333. The molecular weight excluding hydrogens is 254 g/mol. The van der Waals surface area contributed by atoms with Gasteiger partial charge in [0.05, 0.1) is 25.4 Å². The first-order valence-corrected chi connectivity index (χ1v) is 6.51. The summed E-state index contributed by atoms with van der Waals surface area (Å²) in [6.45, 7) is 1.52. The number of hydrogen-bond donors (Lipinski definition) is 5. The third-order valence-electron chi connectivity index (χ3n) is 1.58. The zero-order valence-corrected chi connectivity index (χ0v) is 10.7. The van der Waals surface area contributed by atoms with Crippen molar-refractivity contribution in [1.29, 1.82) is 0 Å². The normalized spacial score (nSPS) is 15.1. The van der Waals surface area contributed by atoms with Crippen molar-refractivity contribution < 1.29 is 33.4 Å². The van der Waals surface area contributed by atoms with Crippen LogP contribution in [0.4, 0.5) is 0 Å². The van der Waals surface area contributed by atoms with Crippen molar-refractivity contribution >= 4 is 10.3 Å². The maximum Gasteiger partial charge on any atom is 0.336 e. The van der Waals surface area contributed by atoms with Gasteiger partial charge in [0.15, 0.2) is 0 Å². The van der Waals surface area contributed by atoms with Crippen molar-refractivity contribution in [3.63, 3.8) is 0 Å². The molecule has 9 heteroatoms. The largest absolute Gasteiger partial charge is 0.394 e. The molecule has 17 heavy (non-hydrogen) atoms. The highest BCUT2D eigenvalue weighted by Gasteiger charge is 2.24. The number of rotatable bonds is 7. The summed E-state index contributed by atoms with van der Waals surface area (Å²) in [5.74, 6) is 0. The molecule has 0 aliphatic carbocycles. The van der Waals surface area contributed by atoms with Crippen LogP contribution in [0, 0.1) is 0 Å². The van der Waals surface area contributed by atoms with E-state index in [1.54, 1.807) is 0 Å². The van der Waals surface area contributed by atoms with Gasteiger partial charge in [-0.05, 0) is 0 Å². The fourth-order valence-electron chi connectivity index (χ4n) is 0.849. The summed E-state index contributed by atoms with van der Waals surface area (Å²) in [6.07, 6.45) is -2.73. The summed E-state index contributed by atoms with van der Waals surface area (Å²) in [4.78, 5) is 0. The summed E-state index contributed by atoms with van der Waals surface area (Å²) in [6, 6.07) is 0. The molecule has 2 atom stereocenters. The molecule has 0 fully saturated rings. The van der Waals surface area contributed by atoms with Gasteiger partial charge in [-0.25, -0.2) is 0 Å². The van der Waals surface area contributed by atoms with Gasteiger partial charge in [0.2, 0.25) is 0 Å². The average molecular weight is 275 g/mol. The summed E-state index contributed by atoms with van der Waals surface area (Å²) in [5, 5.41) is 34.9. The van der Waals surface area contributed by atoms with Gasteiger partial charge in [-0.15, -0.1) is 0 Å². The van der Waals surface area contributed by atoms with Gasteiger partial charge in [-0.2, -0.15) is 12.7 Å². The molecule has 0 aromatic heterocycles. The van der Waals surface area contributed by atoms with Gasteiger partial charge in [0, 0.05) is 13.1 Å². The molecule has 8 nitrogen and oxygen atoms in total. The van der Waals surface area contributed by atoms with E-state index in [1.807, 2.05) is 13.8 Å². The van der Waals surface area contributed by atoms with Crippen LogP contribution in [-0.4, -0.2) is 76.2 Å². The number of hydrogen-bond acceptors (Lipinski definition) is 6. The lowest BCUT2D eigenvalue weighted by molar-refractivity contribution is 0.0469. The minimum atomic E-state index is -4.58. The first kappa shape index (κ1) is 19.1. The zero-order valence-electron chi connectivity index (χ0n) is 9.89. The Morgan fingerprint density at radius 1 is 1.00 bits per heavy atom. The Balaban J connectivity index is 0. The van der Waals surface area contributed by atoms with Crippen molar-refractivity contribution in [2.45, 2.75) is 26.1 Å². The first-order valence-electron chi connectivity index (χ1n) is 5.11. The van der Waals surface area contributed by atoms with Gasteiger partial charge in [-0.3, -0.25) is 4.55 Å². The Morgan fingerprint density at radius 3 is 1.47 bits per heavy atom. The molecule has 0 aromatic rings. The summed E-state index contributed by atoms with van der Waals surface area (Å²) in [5.41, 5.74) is 0. The van der Waals surface area contributed by atoms with Crippen LogP contribution in [0.2, 0.25) is 0 Å². The summed E-state index contributed by atoms with van der Waals surface area (Å²) in [7, 11) is -4.58. The maximum absolute atomic E-state index is 10.7. The monoisotopic (exact) mass is 275 g/mol. The molecule has 0 aliphatic rings. The fraction of sp³-hybridized carbons (Fsp3) is 1.00. The molecule has 0 radical (unpaired) electrons. The van der Waals surface area contributed by atoms with Crippen molar-refractivity contribution in [2.24, 2.45) is 0 Å². The SMILES string of the molecule is CC.O=S(=O)(O)N(CC(O)CO)CC(O)CO. The molecule has 0 aromatic carbocycles. The van der Waals surface area contributed by atoms with Crippen LogP contribution in [0.15, 0.2) is 0 Å². The van der Waals surface area contributed by atoms with E-state index in [0.29, 0.717) is 4.31 Å². The van der Waals surface area contributed by atoms with E-state index < -0.39 is 48.8 Å². The van der Waals surface area contributed by atoms with Crippen LogP contribution in [-0.2, 0) is 10.3 Å². The molecule has 2 unspecified atom stereocenters. The Kier molecular flexibility index (Phi) is 10.9. The molecule has 0 rings (SSSR count). The van der Waals surface area contributed by atoms with Gasteiger partial charge >= 0.3 is 10.3 Å². The highest BCUT2D eigenvalue weighted by Crippen LogP contribution is 2.01. The topological polar surface area (TPSA) is 139 Å². The third-order valence-corrected chi connectivity index (χ3v) is 2.53. The third kappa shape index (κ3) is 9.41. The number of aliphatic hydroxyl groups excluding tert-OH is 4. The zero-order chi connectivity index (χ0) is 14.1. The minimum absolute atomic E-state index is 0.356. The Bertz CT molecular complexity index is 257. The summed E-state index contributed by atoms with van der Waals surface area (Å²) < 4.78 is 30.5. The predicted octanol–water partition coefficient (Wildman–Crippen LogP) is -2.18. The van der Waals surface area contributed by atoms with E-state index in [2.05, 4.69) is 0 Å². The van der Waals surface area contributed by atoms with Crippen molar-refractivity contribution in [3.05, 3.63) is 0 Å². The van der Waals surface area contributed by atoms with E-state index >= 15 is 0 Å². The minimum Gasteiger partial charge on any atom is -0.394 e. The molecule has 5 N–H and O–H groups in total. The Labute approximate surface area is 101 Å². The Morgan fingerprint density at radius 2 is 1.29 bits per heavy atom. The molecule has 0 spiro atoms. The number of aliphatic hydroxyl groups is 4. The lowest BCUT2D eigenvalue weighted by Crippen LogP contribution is -2.43. The molecule has 106 valence electrons. The molecular formula is C8H21NO7S. The second-order valence-electron chi connectivity index (χ2n) is 2.97.